The molecule has 0 bridgehead atoms. The van der Waals surface area contributed by atoms with E-state index in [2.05, 4.69) is 9.97 Å². The van der Waals surface area contributed by atoms with Crippen molar-refractivity contribution in [1.82, 2.24) is 9.97 Å². The van der Waals surface area contributed by atoms with Crippen LogP contribution in [0.3, 0.4) is 0 Å². The maximum absolute atomic E-state index is 13.6. The molecule has 0 spiro atoms. The van der Waals surface area contributed by atoms with Gasteiger partial charge < -0.3 is 14.7 Å². The van der Waals surface area contributed by atoms with Gasteiger partial charge in [-0.05, 0) is 18.5 Å². The molecule has 5 nitrogen and oxygen atoms in total. The van der Waals surface area contributed by atoms with E-state index in [1.165, 1.54) is 0 Å². The van der Waals surface area contributed by atoms with Crippen LogP contribution in [0.2, 0.25) is 5.28 Å². The fourth-order valence-corrected chi connectivity index (χ4v) is 2.01. The Morgan fingerprint density at radius 2 is 2.41 bits per heavy atom. The molecule has 2 rings (SSSR count). The summed E-state index contributed by atoms with van der Waals surface area (Å²) in [4.78, 5) is 9.14. The van der Waals surface area contributed by atoms with Crippen LogP contribution >= 0.6 is 11.6 Å². The van der Waals surface area contributed by atoms with Crippen molar-refractivity contribution in [2.75, 3.05) is 24.6 Å². The Morgan fingerprint density at radius 3 is 3.12 bits per heavy atom. The van der Waals surface area contributed by atoms with Gasteiger partial charge in [-0.15, -0.1) is 0 Å². The number of hydrogen-bond acceptors (Lipinski definition) is 5. The molecule has 0 amide bonds. The third-order valence-electron chi connectivity index (χ3n) is 2.53. The largest absolute Gasteiger partial charge is 0.394 e. The van der Waals surface area contributed by atoms with Gasteiger partial charge in [-0.2, -0.15) is 4.98 Å². The number of rotatable bonds is 2. The van der Waals surface area contributed by atoms with E-state index in [-0.39, 0.29) is 29.9 Å². The van der Waals surface area contributed by atoms with E-state index >= 15 is 0 Å². The molecule has 1 fully saturated rings. The molecule has 2 unspecified atom stereocenters. The summed E-state index contributed by atoms with van der Waals surface area (Å²) in [5.41, 5.74) is 0. The molecule has 1 aromatic heterocycles. The number of hydrogen-bond donors (Lipinski definition) is 1. The molecule has 1 saturated heterocycles. The molecular weight excluding hydrogens is 249 g/mol. The molecule has 2 heterocycles. The minimum atomic E-state index is -0.528. The van der Waals surface area contributed by atoms with E-state index in [4.69, 9.17) is 21.4 Å². The van der Waals surface area contributed by atoms with Crippen molar-refractivity contribution in [3.05, 3.63) is 17.3 Å². The van der Waals surface area contributed by atoms with E-state index in [0.29, 0.717) is 13.1 Å². The number of aliphatic hydroxyl groups is 1. The monoisotopic (exact) mass is 261 g/mol. The van der Waals surface area contributed by atoms with E-state index in [9.17, 15) is 4.39 Å². The highest BCUT2D eigenvalue weighted by atomic mass is 35.5. The average Bonchev–Trinajstić information content (AvgIpc) is 2.31. The van der Waals surface area contributed by atoms with Gasteiger partial charge in [-0.3, -0.25) is 0 Å². The van der Waals surface area contributed by atoms with Gasteiger partial charge in [0.15, 0.2) is 11.6 Å². The zero-order chi connectivity index (χ0) is 12.4. The van der Waals surface area contributed by atoms with Crippen LogP contribution in [-0.2, 0) is 4.74 Å². The molecule has 94 valence electrons. The first-order chi connectivity index (χ1) is 8.10. The van der Waals surface area contributed by atoms with Gasteiger partial charge in [0.1, 0.15) is 0 Å². The predicted molar refractivity (Wildman–Crippen MR) is 60.6 cm³/mol. The third kappa shape index (κ3) is 2.83. The van der Waals surface area contributed by atoms with E-state index < -0.39 is 5.82 Å². The fraction of sp³-hybridized carbons (Fsp3) is 0.600. The van der Waals surface area contributed by atoms with Gasteiger partial charge in [-0.1, -0.05) is 0 Å². The van der Waals surface area contributed by atoms with Crippen LogP contribution in [0.1, 0.15) is 6.92 Å². The minimum absolute atomic E-state index is 0.00101. The summed E-state index contributed by atoms with van der Waals surface area (Å²) in [6.07, 6.45) is 0.597. The van der Waals surface area contributed by atoms with Gasteiger partial charge in [0.25, 0.3) is 0 Å². The maximum Gasteiger partial charge on any atom is 0.224 e. The molecule has 1 aliphatic rings. The van der Waals surface area contributed by atoms with Crippen molar-refractivity contribution in [2.45, 2.75) is 19.1 Å². The van der Waals surface area contributed by atoms with Crippen LogP contribution in [0.5, 0.6) is 0 Å². The van der Waals surface area contributed by atoms with Crippen molar-refractivity contribution < 1.29 is 14.2 Å². The molecule has 2 atom stereocenters. The van der Waals surface area contributed by atoms with Gasteiger partial charge in [0, 0.05) is 13.1 Å². The number of aliphatic hydroxyl groups excluding tert-OH is 1. The zero-order valence-corrected chi connectivity index (χ0v) is 10.1. The molecule has 0 saturated carbocycles. The van der Waals surface area contributed by atoms with Gasteiger partial charge in [-0.25, -0.2) is 9.37 Å². The molecule has 7 heteroatoms. The molecular formula is C10H13ClFN3O2. The molecule has 1 aromatic rings. The van der Waals surface area contributed by atoms with Crippen molar-refractivity contribution in [2.24, 2.45) is 0 Å². The lowest BCUT2D eigenvalue weighted by Gasteiger charge is -2.36. The molecule has 0 radical (unpaired) electrons. The standard InChI is InChI=1S/C10H13ClFN3O2/c1-6-3-15(4-7(5-16)17-6)9-8(12)2-13-10(11)14-9/h2,6-7,16H,3-5H2,1H3. The number of halogens is 2. The van der Waals surface area contributed by atoms with Crippen LogP contribution in [0.15, 0.2) is 6.20 Å². The zero-order valence-electron chi connectivity index (χ0n) is 9.31. The highest BCUT2D eigenvalue weighted by molar-refractivity contribution is 6.28. The Labute approximate surface area is 103 Å². The van der Waals surface area contributed by atoms with Crippen LogP contribution in [0.4, 0.5) is 10.2 Å². The Balaban J connectivity index is 2.23. The first-order valence-corrected chi connectivity index (χ1v) is 5.67. The fourth-order valence-electron chi connectivity index (χ4n) is 1.88. The number of nitrogens with zero attached hydrogens (tertiary/aromatic N) is 3. The quantitative estimate of drug-likeness (QED) is 0.800. The number of aromatic nitrogens is 2. The van der Waals surface area contributed by atoms with Crippen LogP contribution < -0.4 is 4.90 Å². The summed E-state index contributed by atoms with van der Waals surface area (Å²) in [5.74, 6) is -0.376. The summed E-state index contributed by atoms with van der Waals surface area (Å²) in [5, 5.41) is 9.09. The summed E-state index contributed by atoms with van der Waals surface area (Å²) in [6.45, 7) is 2.63. The van der Waals surface area contributed by atoms with Crippen LogP contribution in [0, 0.1) is 5.82 Å². The first-order valence-electron chi connectivity index (χ1n) is 5.29. The number of ether oxygens (including phenoxy) is 1. The van der Waals surface area contributed by atoms with E-state index in [0.717, 1.165) is 6.20 Å². The molecule has 1 aliphatic heterocycles. The molecule has 0 aromatic carbocycles. The Kier molecular flexibility index (Phi) is 3.76. The number of morpholine rings is 1. The van der Waals surface area contributed by atoms with Crippen molar-refractivity contribution in [3.63, 3.8) is 0 Å². The normalized spacial score (nSPS) is 25.1. The topological polar surface area (TPSA) is 58.5 Å². The summed E-state index contributed by atoms with van der Waals surface area (Å²) in [6, 6.07) is 0. The van der Waals surface area contributed by atoms with Gasteiger partial charge in [0.05, 0.1) is 25.0 Å². The second kappa shape index (κ2) is 5.12. The Bertz CT molecular complexity index is 407. The third-order valence-corrected chi connectivity index (χ3v) is 2.71. The molecule has 0 aliphatic carbocycles. The molecule has 1 N–H and O–H groups in total. The van der Waals surface area contributed by atoms with Gasteiger partial charge in [0.2, 0.25) is 5.28 Å². The van der Waals surface area contributed by atoms with Crippen LogP contribution in [-0.4, -0.2) is 47.0 Å². The maximum atomic E-state index is 13.6. The Hall–Kier alpha value is -0.980. The lowest BCUT2D eigenvalue weighted by Crippen LogP contribution is -2.48. The average molecular weight is 262 g/mol. The van der Waals surface area contributed by atoms with Crippen molar-refractivity contribution >= 4 is 17.4 Å². The lowest BCUT2D eigenvalue weighted by molar-refractivity contribution is -0.0424. The number of anilines is 1. The minimum Gasteiger partial charge on any atom is -0.394 e. The second-order valence-corrected chi connectivity index (χ2v) is 4.30. The highest BCUT2D eigenvalue weighted by Crippen LogP contribution is 2.21. The van der Waals surface area contributed by atoms with E-state index in [1.807, 2.05) is 6.92 Å². The van der Waals surface area contributed by atoms with Crippen molar-refractivity contribution in [3.8, 4) is 0 Å². The SMILES string of the molecule is CC1CN(c2nc(Cl)ncc2F)CC(CO)O1. The summed E-state index contributed by atoms with van der Waals surface area (Å²) >= 11 is 5.65. The molecule has 17 heavy (non-hydrogen) atoms. The van der Waals surface area contributed by atoms with Crippen LogP contribution in [0.25, 0.3) is 0 Å². The van der Waals surface area contributed by atoms with E-state index in [1.54, 1.807) is 4.90 Å². The van der Waals surface area contributed by atoms with Gasteiger partial charge >= 0.3 is 0 Å². The Morgan fingerprint density at radius 1 is 1.65 bits per heavy atom. The lowest BCUT2D eigenvalue weighted by atomic mass is 10.2. The first kappa shape index (κ1) is 12.5. The predicted octanol–water partition coefficient (Wildman–Crippen LogP) is 0.855. The smallest absolute Gasteiger partial charge is 0.224 e. The summed E-state index contributed by atoms with van der Waals surface area (Å²) < 4.78 is 19.1. The van der Waals surface area contributed by atoms with Crippen molar-refractivity contribution in [1.29, 1.82) is 0 Å². The summed E-state index contributed by atoms with van der Waals surface area (Å²) in [7, 11) is 0. The second-order valence-electron chi connectivity index (χ2n) is 3.97. The highest BCUT2D eigenvalue weighted by Gasteiger charge is 2.27.